The molecule has 0 bridgehead atoms. The van der Waals surface area contributed by atoms with Gasteiger partial charge in [0, 0.05) is 25.0 Å². The van der Waals surface area contributed by atoms with Gasteiger partial charge in [-0.2, -0.15) is 18.3 Å². The number of fused-ring (bicyclic) bond motifs is 1. The number of hydrogen-bond donors (Lipinski definition) is 1. The van der Waals surface area contributed by atoms with Gasteiger partial charge >= 0.3 is 6.18 Å². The molecule has 0 aliphatic carbocycles. The van der Waals surface area contributed by atoms with E-state index in [-0.39, 0.29) is 11.3 Å². The van der Waals surface area contributed by atoms with E-state index in [1.165, 1.54) is 6.20 Å². The van der Waals surface area contributed by atoms with E-state index >= 15 is 0 Å². The molecular formula is C24H19ClF5N5O. The number of alkyl halides is 3. The monoisotopic (exact) mass is 523 g/mol. The van der Waals surface area contributed by atoms with Crippen LogP contribution in [0.1, 0.15) is 28.9 Å². The third-order valence-corrected chi connectivity index (χ3v) is 5.70. The van der Waals surface area contributed by atoms with E-state index in [2.05, 4.69) is 20.3 Å². The van der Waals surface area contributed by atoms with Gasteiger partial charge in [0.1, 0.15) is 17.3 Å². The first-order valence-electron chi connectivity index (χ1n) is 10.8. The number of carbonyl (C=O) groups excluding carboxylic acids is 1. The molecule has 1 aromatic carbocycles. The van der Waals surface area contributed by atoms with Crippen molar-refractivity contribution in [1.82, 2.24) is 14.6 Å². The van der Waals surface area contributed by atoms with E-state index in [4.69, 9.17) is 11.6 Å². The maximum atomic E-state index is 12.7. The summed E-state index contributed by atoms with van der Waals surface area (Å²) >= 11 is 5.82. The largest absolute Gasteiger partial charge is 0.433 e. The highest BCUT2D eigenvalue weighted by Gasteiger charge is 2.33. The number of amides is 1. The Labute approximate surface area is 207 Å². The second-order valence-electron chi connectivity index (χ2n) is 7.89. The number of nitrogens with zero attached hydrogens (tertiary/aromatic N) is 4. The van der Waals surface area contributed by atoms with Crippen molar-refractivity contribution >= 4 is 34.4 Å². The Morgan fingerprint density at radius 1 is 0.972 bits per heavy atom. The number of hydrogen-bond acceptors (Lipinski definition) is 4. The minimum Gasteiger partial charge on any atom is -0.371 e. The molecule has 3 aromatic heterocycles. The molecule has 36 heavy (non-hydrogen) atoms. The molecule has 1 N–H and O–H groups in total. The number of halogens is 6. The van der Waals surface area contributed by atoms with Crippen LogP contribution in [0.25, 0.3) is 5.52 Å². The van der Waals surface area contributed by atoms with Gasteiger partial charge in [-0.3, -0.25) is 4.79 Å². The number of nitrogens with one attached hydrogen (secondary N) is 1. The van der Waals surface area contributed by atoms with Crippen LogP contribution in [0.4, 0.5) is 33.3 Å². The first kappa shape index (κ1) is 25.4. The Morgan fingerprint density at radius 2 is 1.61 bits per heavy atom. The molecule has 1 amide bonds. The summed E-state index contributed by atoms with van der Waals surface area (Å²) in [4.78, 5) is 18.2. The van der Waals surface area contributed by atoms with Crippen LogP contribution in [-0.4, -0.2) is 33.6 Å². The molecule has 4 aromatic rings. The van der Waals surface area contributed by atoms with E-state index in [1.807, 2.05) is 12.1 Å². The lowest BCUT2D eigenvalue weighted by molar-refractivity contribution is -0.141. The number of rotatable bonds is 3. The Balaban J connectivity index is 0.000000325. The molecule has 6 nitrogen and oxygen atoms in total. The number of pyridine rings is 2. The van der Waals surface area contributed by atoms with Gasteiger partial charge < -0.3 is 10.2 Å². The molecule has 0 saturated carbocycles. The van der Waals surface area contributed by atoms with Crippen LogP contribution in [0.5, 0.6) is 0 Å². The molecular weight excluding hydrogens is 505 g/mol. The van der Waals surface area contributed by atoms with Crippen molar-refractivity contribution < 1.29 is 26.7 Å². The molecule has 0 radical (unpaired) electrons. The minimum absolute atomic E-state index is 0.00489. The zero-order chi connectivity index (χ0) is 25.9. The second kappa shape index (κ2) is 10.5. The lowest BCUT2D eigenvalue weighted by Gasteiger charge is -2.17. The summed E-state index contributed by atoms with van der Waals surface area (Å²) in [5, 5.41) is 6.23. The predicted octanol–water partition coefficient (Wildman–Crippen LogP) is 6.22. The lowest BCUT2D eigenvalue weighted by atomic mass is 10.2. The Hall–Kier alpha value is -3.73. The highest BCUT2D eigenvalue weighted by molar-refractivity contribution is 6.32. The summed E-state index contributed by atoms with van der Waals surface area (Å²) in [6, 6.07) is 9.97. The van der Waals surface area contributed by atoms with Gasteiger partial charge in [-0.1, -0.05) is 11.6 Å². The minimum atomic E-state index is -4.61. The van der Waals surface area contributed by atoms with Crippen molar-refractivity contribution in [3.8, 4) is 0 Å². The van der Waals surface area contributed by atoms with Crippen molar-refractivity contribution in [3.63, 3.8) is 0 Å². The van der Waals surface area contributed by atoms with Gasteiger partial charge in [-0.25, -0.2) is 18.3 Å². The Kier molecular flexibility index (Phi) is 7.39. The lowest BCUT2D eigenvalue weighted by Crippen LogP contribution is -2.18. The Bertz CT molecular complexity index is 1350. The standard InChI is InChI=1S/C18H15ClF3N5O.C6H4F2/c19-16-13(3-4-15(25-16)18(20,21)22)24-17(28)12-10-23-27-8-5-11(9-14(12)27)26-6-1-2-7-26;7-5-1-2-6(8)4-3-5/h3-5,8-10H,1-2,6-7H2,(H,24,28);1-4H. The SMILES string of the molecule is Fc1ccc(F)cc1.O=C(Nc1ccc(C(F)(F)F)nc1Cl)c1cnn2ccc(N3CCCC3)cc12. The van der Waals surface area contributed by atoms with Gasteiger partial charge in [0.15, 0.2) is 5.15 Å². The number of aromatic nitrogens is 3. The third kappa shape index (κ3) is 5.91. The fourth-order valence-corrected chi connectivity index (χ4v) is 3.82. The molecule has 12 heteroatoms. The number of carbonyl (C=O) groups is 1. The first-order valence-corrected chi connectivity index (χ1v) is 11.2. The van der Waals surface area contributed by atoms with Crippen molar-refractivity contribution in [1.29, 1.82) is 0 Å². The highest BCUT2D eigenvalue weighted by Crippen LogP contribution is 2.31. The van der Waals surface area contributed by atoms with Gasteiger partial charge in [0.25, 0.3) is 5.91 Å². The van der Waals surface area contributed by atoms with Gasteiger partial charge in [-0.05, 0) is 61.4 Å². The summed E-state index contributed by atoms with van der Waals surface area (Å²) in [5.74, 6) is -1.35. The average Bonchev–Trinajstić information content (AvgIpc) is 3.52. The zero-order valence-corrected chi connectivity index (χ0v) is 19.3. The normalized spacial score (nSPS) is 13.4. The van der Waals surface area contributed by atoms with Crippen LogP contribution in [-0.2, 0) is 6.18 Å². The number of anilines is 2. The van der Waals surface area contributed by atoms with E-state index in [1.54, 1.807) is 10.7 Å². The topological polar surface area (TPSA) is 62.5 Å². The first-order chi connectivity index (χ1) is 17.1. The van der Waals surface area contributed by atoms with Crippen LogP contribution in [0.2, 0.25) is 5.15 Å². The van der Waals surface area contributed by atoms with Gasteiger partial charge in [-0.15, -0.1) is 0 Å². The summed E-state index contributed by atoms with van der Waals surface area (Å²) < 4.78 is 63.5. The second-order valence-corrected chi connectivity index (χ2v) is 8.25. The van der Waals surface area contributed by atoms with Crippen molar-refractivity contribution in [2.24, 2.45) is 0 Å². The molecule has 1 aliphatic heterocycles. The fourth-order valence-electron chi connectivity index (χ4n) is 3.62. The molecule has 0 atom stereocenters. The molecule has 4 heterocycles. The van der Waals surface area contributed by atoms with Crippen LogP contribution in [0.3, 0.4) is 0 Å². The third-order valence-electron chi connectivity index (χ3n) is 5.41. The van der Waals surface area contributed by atoms with Crippen molar-refractivity contribution in [3.05, 3.63) is 89.0 Å². The van der Waals surface area contributed by atoms with E-state index in [0.717, 1.165) is 68.0 Å². The summed E-state index contributed by atoms with van der Waals surface area (Å²) in [6.45, 7) is 1.91. The maximum absolute atomic E-state index is 12.7. The highest BCUT2D eigenvalue weighted by atomic mass is 35.5. The van der Waals surface area contributed by atoms with Crippen LogP contribution in [0, 0.1) is 11.6 Å². The van der Waals surface area contributed by atoms with Crippen LogP contribution in [0.15, 0.2) is 60.9 Å². The fraction of sp³-hybridized carbons (Fsp3) is 0.208. The molecule has 5 rings (SSSR count). The van der Waals surface area contributed by atoms with E-state index in [9.17, 15) is 26.7 Å². The molecule has 0 unspecified atom stereocenters. The van der Waals surface area contributed by atoms with E-state index < -0.39 is 34.6 Å². The average molecular weight is 524 g/mol. The molecule has 1 saturated heterocycles. The zero-order valence-electron chi connectivity index (χ0n) is 18.6. The van der Waals surface area contributed by atoms with Crippen molar-refractivity contribution in [2.45, 2.75) is 19.0 Å². The molecule has 1 aliphatic rings. The van der Waals surface area contributed by atoms with Gasteiger partial charge in [0.05, 0.1) is 23.0 Å². The van der Waals surface area contributed by atoms with E-state index in [0.29, 0.717) is 5.52 Å². The van der Waals surface area contributed by atoms with Crippen LogP contribution < -0.4 is 10.2 Å². The van der Waals surface area contributed by atoms with Crippen LogP contribution >= 0.6 is 11.6 Å². The van der Waals surface area contributed by atoms with Gasteiger partial charge in [0.2, 0.25) is 0 Å². The summed E-state index contributed by atoms with van der Waals surface area (Å²) in [6.07, 6.45) is 0.811. The molecule has 188 valence electrons. The van der Waals surface area contributed by atoms with Crippen molar-refractivity contribution in [2.75, 3.05) is 23.3 Å². The maximum Gasteiger partial charge on any atom is 0.433 e. The summed E-state index contributed by atoms with van der Waals surface area (Å²) in [5.41, 5.74) is 0.750. The summed E-state index contributed by atoms with van der Waals surface area (Å²) in [7, 11) is 0. The smallest absolute Gasteiger partial charge is 0.371 e. The molecule has 0 spiro atoms. The molecule has 1 fully saturated rings. The Morgan fingerprint density at radius 3 is 2.19 bits per heavy atom. The quantitative estimate of drug-likeness (QED) is 0.256. The number of benzene rings is 1. The predicted molar refractivity (Wildman–Crippen MR) is 125 cm³/mol.